The summed E-state index contributed by atoms with van der Waals surface area (Å²) in [6.45, 7) is 13.9. The van der Waals surface area contributed by atoms with E-state index in [0.29, 0.717) is 16.7 Å². The van der Waals surface area contributed by atoms with Gasteiger partial charge in [-0.1, -0.05) is 58.4 Å². The molecule has 0 aliphatic heterocycles. The largest absolute Gasteiger partial charge is 0.0844 e. The molecule has 0 aromatic rings. The molecule has 1 atom stereocenters. The van der Waals surface area contributed by atoms with E-state index in [4.69, 9.17) is 0 Å². The van der Waals surface area contributed by atoms with Crippen molar-refractivity contribution in [1.82, 2.24) is 0 Å². The van der Waals surface area contributed by atoms with Crippen LogP contribution in [0, 0.1) is 16.7 Å². The molecule has 1 aliphatic rings. The third-order valence-corrected chi connectivity index (χ3v) is 4.31. The third-order valence-electron chi connectivity index (χ3n) is 4.31. The van der Waals surface area contributed by atoms with Crippen LogP contribution >= 0.6 is 0 Å². The van der Waals surface area contributed by atoms with Gasteiger partial charge in [0, 0.05) is 0 Å². The number of hydrogen-bond acceptors (Lipinski definition) is 0. The van der Waals surface area contributed by atoms with E-state index in [1.54, 1.807) is 5.57 Å². The van der Waals surface area contributed by atoms with Gasteiger partial charge in [-0.15, -0.1) is 0 Å². The fourth-order valence-electron chi connectivity index (χ4n) is 1.97. The first kappa shape index (κ1) is 12.5. The Morgan fingerprint density at radius 3 is 2.47 bits per heavy atom. The van der Waals surface area contributed by atoms with Gasteiger partial charge in [-0.05, 0) is 36.5 Å². The minimum absolute atomic E-state index is 0.354. The van der Waals surface area contributed by atoms with Crippen molar-refractivity contribution in [2.24, 2.45) is 16.7 Å². The number of rotatable bonds is 3. The summed E-state index contributed by atoms with van der Waals surface area (Å²) in [6, 6.07) is 0. The number of hydrogen-bond donors (Lipinski definition) is 0. The van der Waals surface area contributed by atoms with Crippen molar-refractivity contribution in [2.45, 2.75) is 54.4 Å². The van der Waals surface area contributed by atoms with Crippen molar-refractivity contribution in [1.29, 1.82) is 0 Å². The Morgan fingerprint density at radius 2 is 2.07 bits per heavy atom. The average Bonchev–Trinajstić information content (AvgIpc) is 2.40. The van der Waals surface area contributed by atoms with Gasteiger partial charge in [0.15, 0.2) is 0 Å². The maximum atomic E-state index is 2.44. The van der Waals surface area contributed by atoms with Crippen LogP contribution in [-0.4, -0.2) is 0 Å². The molecule has 0 saturated heterocycles. The lowest BCUT2D eigenvalue weighted by Gasteiger charge is -2.28. The Hall–Kier alpha value is -0.520. The molecule has 1 rings (SSSR count). The van der Waals surface area contributed by atoms with Gasteiger partial charge >= 0.3 is 0 Å². The van der Waals surface area contributed by atoms with Crippen LogP contribution in [0.25, 0.3) is 0 Å². The van der Waals surface area contributed by atoms with E-state index < -0.39 is 0 Å². The number of allylic oxidation sites excluding steroid dienone is 4. The lowest BCUT2D eigenvalue weighted by molar-refractivity contribution is 0.346. The first-order chi connectivity index (χ1) is 6.79. The van der Waals surface area contributed by atoms with E-state index >= 15 is 0 Å². The van der Waals surface area contributed by atoms with Crippen LogP contribution in [0.3, 0.4) is 0 Å². The second-order valence-electron chi connectivity index (χ2n) is 6.15. The fourth-order valence-corrected chi connectivity index (χ4v) is 1.97. The van der Waals surface area contributed by atoms with Gasteiger partial charge in [0.25, 0.3) is 0 Å². The third kappa shape index (κ3) is 2.74. The molecule has 0 radical (unpaired) electrons. The molecule has 0 N–H and O–H groups in total. The lowest BCUT2D eigenvalue weighted by Crippen LogP contribution is -2.19. The SMILES string of the molecule is CCC(C)(C)/C=C/[C@@H]1CC=C(C)C1(C)C. The van der Waals surface area contributed by atoms with Gasteiger partial charge in [0.1, 0.15) is 0 Å². The quantitative estimate of drug-likeness (QED) is 0.572. The van der Waals surface area contributed by atoms with Crippen LogP contribution in [0.4, 0.5) is 0 Å². The van der Waals surface area contributed by atoms with Crippen molar-refractivity contribution in [3.05, 3.63) is 23.8 Å². The highest BCUT2D eigenvalue weighted by Crippen LogP contribution is 2.44. The summed E-state index contributed by atoms with van der Waals surface area (Å²) in [5.41, 5.74) is 2.26. The Morgan fingerprint density at radius 1 is 1.47 bits per heavy atom. The van der Waals surface area contributed by atoms with Crippen molar-refractivity contribution in [3.63, 3.8) is 0 Å². The van der Waals surface area contributed by atoms with Crippen LogP contribution in [0.5, 0.6) is 0 Å². The highest BCUT2D eigenvalue weighted by molar-refractivity contribution is 5.22. The first-order valence-electron chi connectivity index (χ1n) is 6.16. The van der Waals surface area contributed by atoms with E-state index in [-0.39, 0.29) is 0 Å². The van der Waals surface area contributed by atoms with Gasteiger partial charge in [-0.3, -0.25) is 0 Å². The molecule has 0 heterocycles. The topological polar surface area (TPSA) is 0 Å². The molecule has 0 heteroatoms. The Labute approximate surface area is 95.5 Å². The standard InChI is InChI=1S/C15H26/c1-7-14(3,4)11-10-13-9-8-12(2)15(13,5)6/h8,10-11,13H,7,9H2,1-6H3/b11-10+/t13-/m0/s1. The average molecular weight is 206 g/mol. The minimum atomic E-state index is 0.354. The normalized spacial score (nSPS) is 26.0. The van der Waals surface area contributed by atoms with Gasteiger partial charge in [-0.25, -0.2) is 0 Å². The zero-order valence-electron chi connectivity index (χ0n) is 11.2. The van der Waals surface area contributed by atoms with E-state index in [2.05, 4.69) is 59.8 Å². The molecule has 0 aromatic carbocycles. The predicted octanol–water partition coefficient (Wildman–Crippen LogP) is 4.97. The van der Waals surface area contributed by atoms with Crippen LogP contribution in [0.1, 0.15) is 54.4 Å². The molecule has 0 aromatic heterocycles. The van der Waals surface area contributed by atoms with Gasteiger partial charge in [0.05, 0.1) is 0 Å². The molecule has 0 fully saturated rings. The molecule has 0 nitrogen and oxygen atoms in total. The highest BCUT2D eigenvalue weighted by Gasteiger charge is 2.33. The highest BCUT2D eigenvalue weighted by atomic mass is 14.4. The Balaban J connectivity index is 2.71. The maximum Gasteiger partial charge on any atom is -0.00817 e. The van der Waals surface area contributed by atoms with Crippen LogP contribution in [0.15, 0.2) is 23.8 Å². The van der Waals surface area contributed by atoms with Crippen molar-refractivity contribution >= 4 is 0 Å². The smallest absolute Gasteiger partial charge is 0.00817 e. The van der Waals surface area contributed by atoms with E-state index in [9.17, 15) is 0 Å². The lowest BCUT2D eigenvalue weighted by atomic mass is 9.76. The van der Waals surface area contributed by atoms with Crippen LogP contribution in [0.2, 0.25) is 0 Å². The second kappa shape index (κ2) is 4.15. The van der Waals surface area contributed by atoms with Crippen molar-refractivity contribution in [2.75, 3.05) is 0 Å². The molecule has 0 spiro atoms. The predicted molar refractivity (Wildman–Crippen MR) is 68.9 cm³/mol. The van der Waals surface area contributed by atoms with E-state index in [0.717, 1.165) is 0 Å². The van der Waals surface area contributed by atoms with Gasteiger partial charge in [-0.2, -0.15) is 0 Å². The van der Waals surface area contributed by atoms with Crippen molar-refractivity contribution < 1.29 is 0 Å². The molecule has 0 amide bonds. The Bertz CT molecular complexity index is 276. The zero-order valence-corrected chi connectivity index (χ0v) is 11.2. The Kier molecular flexibility index (Phi) is 3.48. The zero-order chi connectivity index (χ0) is 11.7. The first-order valence-corrected chi connectivity index (χ1v) is 6.16. The van der Waals surface area contributed by atoms with Crippen LogP contribution < -0.4 is 0 Å². The summed E-state index contributed by atoms with van der Waals surface area (Å²) in [5, 5.41) is 0. The van der Waals surface area contributed by atoms with Gasteiger partial charge < -0.3 is 0 Å². The molecule has 0 bridgehead atoms. The minimum Gasteiger partial charge on any atom is -0.0844 e. The summed E-state index contributed by atoms with van der Waals surface area (Å²) in [6.07, 6.45) is 9.68. The monoisotopic (exact) mass is 206 g/mol. The second-order valence-corrected chi connectivity index (χ2v) is 6.15. The molecule has 0 unspecified atom stereocenters. The molecular formula is C15H26. The van der Waals surface area contributed by atoms with Crippen molar-refractivity contribution in [3.8, 4) is 0 Å². The van der Waals surface area contributed by atoms with Gasteiger partial charge in [0.2, 0.25) is 0 Å². The fraction of sp³-hybridized carbons (Fsp3) is 0.733. The van der Waals surface area contributed by atoms with E-state index in [1.165, 1.54) is 12.8 Å². The summed E-state index contributed by atoms with van der Waals surface area (Å²) < 4.78 is 0. The summed E-state index contributed by atoms with van der Waals surface area (Å²) in [4.78, 5) is 0. The molecular weight excluding hydrogens is 180 g/mol. The van der Waals surface area contributed by atoms with Crippen LogP contribution in [-0.2, 0) is 0 Å². The van der Waals surface area contributed by atoms with E-state index in [1.807, 2.05) is 0 Å². The molecule has 1 aliphatic carbocycles. The summed E-state index contributed by atoms with van der Waals surface area (Å²) in [5.74, 6) is 0.698. The maximum absolute atomic E-state index is 2.44. The summed E-state index contributed by atoms with van der Waals surface area (Å²) in [7, 11) is 0. The summed E-state index contributed by atoms with van der Waals surface area (Å²) >= 11 is 0. The molecule has 0 saturated carbocycles. The molecule has 15 heavy (non-hydrogen) atoms. The molecule has 86 valence electrons.